The number of hydrogen-bond donors (Lipinski definition) is 0. The van der Waals surface area contributed by atoms with Crippen molar-refractivity contribution in [2.24, 2.45) is 0 Å². The van der Waals surface area contributed by atoms with Gasteiger partial charge in [0.25, 0.3) is 6.08 Å². The summed E-state index contributed by atoms with van der Waals surface area (Å²) in [7, 11) is 0. The van der Waals surface area contributed by atoms with Gasteiger partial charge in [-0.25, -0.2) is 0 Å². The fourth-order valence-corrected chi connectivity index (χ4v) is 2.57. The molecular weight excluding hydrogens is 330 g/mol. The zero-order valence-corrected chi connectivity index (χ0v) is 13.0. The molecule has 1 aromatic carbocycles. The summed E-state index contributed by atoms with van der Waals surface area (Å²) < 4.78 is 31.2. The van der Waals surface area contributed by atoms with Gasteiger partial charge in [-0.15, -0.1) is 0 Å². The van der Waals surface area contributed by atoms with E-state index >= 15 is 0 Å². The largest absolute Gasteiger partial charge is 0.449 e. The predicted octanol–water partition coefficient (Wildman–Crippen LogP) is 5.14. The minimum absolute atomic E-state index is 0.297. The number of esters is 1. The molecule has 0 aliphatic rings. The Morgan fingerprint density at radius 1 is 1.30 bits per heavy atom. The molecule has 1 rings (SSSR count). The van der Waals surface area contributed by atoms with Gasteiger partial charge in [-0.1, -0.05) is 43.7 Å². The molecule has 0 bridgehead atoms. The maximum Gasteiger partial charge on any atom is 0.303 e. The van der Waals surface area contributed by atoms with E-state index in [1.165, 1.54) is 6.92 Å². The summed E-state index contributed by atoms with van der Waals surface area (Å²) in [5.41, 5.74) is -0.926. The standard InChI is InChI=1S/C15H17BrF2O2/c1-3-4-10-15(20-11(2)19,13(16)14(17)18)12-8-6-5-7-9-12/h5-9H,3-4,10H2,1-2H3. The Morgan fingerprint density at radius 3 is 2.35 bits per heavy atom. The van der Waals surface area contributed by atoms with E-state index in [4.69, 9.17) is 4.74 Å². The van der Waals surface area contributed by atoms with Gasteiger partial charge in [-0.2, -0.15) is 8.78 Å². The van der Waals surface area contributed by atoms with Crippen LogP contribution in [0.25, 0.3) is 0 Å². The first-order valence-corrected chi connectivity index (χ1v) is 7.19. The van der Waals surface area contributed by atoms with E-state index in [1.54, 1.807) is 30.3 Å². The summed E-state index contributed by atoms with van der Waals surface area (Å²) in [6.45, 7) is 3.17. The third-order valence-corrected chi connectivity index (χ3v) is 3.90. The highest BCUT2D eigenvalue weighted by molar-refractivity contribution is 9.11. The molecule has 0 saturated carbocycles. The van der Waals surface area contributed by atoms with Crippen molar-refractivity contribution in [3.8, 4) is 0 Å². The van der Waals surface area contributed by atoms with Gasteiger partial charge >= 0.3 is 5.97 Å². The maximum atomic E-state index is 13.1. The van der Waals surface area contributed by atoms with Crippen LogP contribution in [0.3, 0.4) is 0 Å². The zero-order valence-electron chi connectivity index (χ0n) is 11.5. The van der Waals surface area contributed by atoms with Crippen molar-refractivity contribution in [3.63, 3.8) is 0 Å². The molecule has 0 aromatic heterocycles. The van der Waals surface area contributed by atoms with E-state index in [0.29, 0.717) is 18.4 Å². The fourth-order valence-electron chi connectivity index (χ4n) is 2.07. The lowest BCUT2D eigenvalue weighted by Gasteiger charge is -2.33. The van der Waals surface area contributed by atoms with Crippen LogP contribution in [0.15, 0.2) is 40.9 Å². The second-order valence-electron chi connectivity index (χ2n) is 4.46. The van der Waals surface area contributed by atoms with E-state index in [9.17, 15) is 13.6 Å². The Labute approximate surface area is 125 Å². The van der Waals surface area contributed by atoms with E-state index in [2.05, 4.69) is 15.9 Å². The molecule has 2 nitrogen and oxygen atoms in total. The first-order chi connectivity index (χ1) is 9.44. The number of rotatable bonds is 6. The van der Waals surface area contributed by atoms with Crippen LogP contribution in [-0.2, 0) is 15.1 Å². The second-order valence-corrected chi connectivity index (χ2v) is 5.26. The number of carbonyl (C=O) groups is 1. The molecule has 0 spiro atoms. The zero-order chi connectivity index (χ0) is 15.2. The highest BCUT2D eigenvalue weighted by Gasteiger charge is 2.41. The number of hydrogen-bond acceptors (Lipinski definition) is 2. The summed E-state index contributed by atoms with van der Waals surface area (Å²) >= 11 is 2.91. The van der Waals surface area contributed by atoms with Crippen LogP contribution in [0.2, 0.25) is 0 Å². The lowest BCUT2D eigenvalue weighted by molar-refractivity contribution is -0.154. The van der Waals surface area contributed by atoms with Crippen molar-refractivity contribution < 1.29 is 18.3 Å². The maximum absolute atomic E-state index is 13.1. The number of carbonyl (C=O) groups excluding carboxylic acids is 1. The van der Waals surface area contributed by atoms with Crippen LogP contribution < -0.4 is 0 Å². The lowest BCUT2D eigenvalue weighted by Crippen LogP contribution is -2.32. The normalized spacial score (nSPS) is 13.4. The van der Waals surface area contributed by atoms with Crippen LogP contribution in [0.5, 0.6) is 0 Å². The summed E-state index contributed by atoms with van der Waals surface area (Å²) in [6.07, 6.45) is -0.120. The van der Waals surface area contributed by atoms with Crippen molar-refractivity contribution in [2.75, 3.05) is 0 Å². The van der Waals surface area contributed by atoms with Crippen LogP contribution >= 0.6 is 15.9 Å². The van der Waals surface area contributed by atoms with Gasteiger partial charge < -0.3 is 4.74 Å². The van der Waals surface area contributed by atoms with Crippen LogP contribution in [-0.4, -0.2) is 5.97 Å². The molecule has 20 heavy (non-hydrogen) atoms. The lowest BCUT2D eigenvalue weighted by atomic mass is 9.88. The Hall–Kier alpha value is -1.23. The van der Waals surface area contributed by atoms with E-state index < -0.39 is 17.7 Å². The van der Waals surface area contributed by atoms with Crippen LogP contribution in [0.4, 0.5) is 8.78 Å². The first-order valence-electron chi connectivity index (χ1n) is 6.40. The topological polar surface area (TPSA) is 26.3 Å². The molecule has 0 aliphatic carbocycles. The summed E-state index contributed by atoms with van der Waals surface area (Å²) in [4.78, 5) is 11.4. The molecule has 0 saturated heterocycles. The summed E-state index contributed by atoms with van der Waals surface area (Å²) in [5.74, 6) is -0.594. The minimum Gasteiger partial charge on any atom is -0.449 e. The Bertz CT molecular complexity index is 484. The molecule has 1 aromatic rings. The van der Waals surface area contributed by atoms with Gasteiger partial charge in [0, 0.05) is 12.5 Å². The van der Waals surface area contributed by atoms with Gasteiger partial charge in [0.05, 0.1) is 0 Å². The highest BCUT2D eigenvalue weighted by atomic mass is 79.9. The molecular formula is C15H17BrF2O2. The molecule has 1 unspecified atom stereocenters. The van der Waals surface area contributed by atoms with E-state index in [-0.39, 0.29) is 4.48 Å². The molecule has 0 fully saturated rings. The molecule has 5 heteroatoms. The highest BCUT2D eigenvalue weighted by Crippen LogP contribution is 2.43. The van der Waals surface area contributed by atoms with Crippen molar-refractivity contribution >= 4 is 21.9 Å². The average molecular weight is 347 g/mol. The van der Waals surface area contributed by atoms with Crippen LogP contribution in [0, 0.1) is 0 Å². The molecule has 0 amide bonds. The number of halogens is 3. The third kappa shape index (κ3) is 3.88. The SMILES string of the molecule is CCCCC(OC(C)=O)(C(Br)=C(F)F)c1ccccc1. The molecule has 110 valence electrons. The fraction of sp³-hybridized carbons (Fsp3) is 0.400. The summed E-state index contributed by atoms with van der Waals surface area (Å²) in [6, 6.07) is 8.61. The Kier molecular flexibility index (Phi) is 6.33. The minimum atomic E-state index is -1.88. The molecule has 0 radical (unpaired) electrons. The van der Waals surface area contributed by atoms with Crippen molar-refractivity contribution in [1.29, 1.82) is 0 Å². The van der Waals surface area contributed by atoms with E-state index in [0.717, 1.165) is 6.42 Å². The molecule has 0 aliphatic heterocycles. The molecule has 0 N–H and O–H groups in total. The van der Waals surface area contributed by atoms with Crippen LogP contribution in [0.1, 0.15) is 38.7 Å². The van der Waals surface area contributed by atoms with Gasteiger partial charge in [0.1, 0.15) is 4.48 Å². The van der Waals surface area contributed by atoms with E-state index in [1.807, 2.05) is 6.92 Å². The molecule has 1 atom stereocenters. The van der Waals surface area contributed by atoms with Gasteiger partial charge in [0.15, 0.2) is 5.60 Å². The Morgan fingerprint density at radius 2 is 1.90 bits per heavy atom. The number of benzene rings is 1. The van der Waals surface area contributed by atoms with Crippen molar-refractivity contribution in [2.45, 2.75) is 38.7 Å². The van der Waals surface area contributed by atoms with Crippen molar-refractivity contribution in [1.82, 2.24) is 0 Å². The summed E-state index contributed by atoms with van der Waals surface area (Å²) in [5, 5.41) is 0. The van der Waals surface area contributed by atoms with Gasteiger partial charge in [-0.3, -0.25) is 4.79 Å². The Balaban J connectivity index is 3.40. The smallest absolute Gasteiger partial charge is 0.303 e. The number of ether oxygens (including phenoxy) is 1. The van der Waals surface area contributed by atoms with Gasteiger partial charge in [-0.05, 0) is 28.8 Å². The second kappa shape index (κ2) is 7.53. The molecule has 0 heterocycles. The van der Waals surface area contributed by atoms with Gasteiger partial charge in [0.2, 0.25) is 0 Å². The first kappa shape index (κ1) is 16.8. The quantitative estimate of drug-likeness (QED) is 0.666. The average Bonchev–Trinajstić information content (AvgIpc) is 2.43. The van der Waals surface area contributed by atoms with Crippen molar-refractivity contribution in [3.05, 3.63) is 46.5 Å². The third-order valence-electron chi connectivity index (χ3n) is 2.96. The number of unbranched alkanes of at least 4 members (excludes halogenated alkanes) is 1. The predicted molar refractivity (Wildman–Crippen MR) is 77.6 cm³/mol. The monoisotopic (exact) mass is 346 g/mol.